The number of esters is 1. The SMILES string of the molecule is COC(=O)CN1CCN(C2CCN(C(=O)[C@@H](Cc3ccc4[nH]ncc4c3)OC(=O)N3CCC(N4CCc5ccccc5NC4=O)CC3)CC2)CC1. The molecule has 5 heterocycles. The van der Waals surface area contributed by atoms with Crippen molar-refractivity contribution in [3.05, 3.63) is 59.8 Å². The molecule has 3 saturated heterocycles. The molecule has 2 N–H and O–H groups in total. The fraction of sp³-hybridized carbons (Fsp3) is 0.541. The van der Waals surface area contributed by atoms with Gasteiger partial charge in [0.2, 0.25) is 0 Å². The smallest absolute Gasteiger partial charge is 0.410 e. The predicted molar refractivity (Wildman–Crippen MR) is 190 cm³/mol. The van der Waals surface area contributed by atoms with Gasteiger partial charge in [0.25, 0.3) is 5.91 Å². The van der Waals surface area contributed by atoms with Gasteiger partial charge in [0.1, 0.15) is 0 Å². The Morgan fingerprint density at radius 1 is 0.882 bits per heavy atom. The van der Waals surface area contributed by atoms with Crippen LogP contribution in [0.3, 0.4) is 0 Å². The molecule has 1 atom stereocenters. The number of rotatable bonds is 8. The number of nitrogens with zero attached hydrogens (tertiary/aromatic N) is 6. The molecule has 3 fully saturated rings. The molecule has 4 aliphatic rings. The first-order valence-electron chi connectivity index (χ1n) is 18.2. The second kappa shape index (κ2) is 15.7. The number of carbonyl (C=O) groups is 4. The summed E-state index contributed by atoms with van der Waals surface area (Å²) in [4.78, 5) is 62.6. The van der Waals surface area contributed by atoms with E-state index in [2.05, 4.69) is 25.3 Å². The number of benzene rings is 2. The van der Waals surface area contributed by atoms with Crippen LogP contribution >= 0.6 is 0 Å². The number of methoxy groups -OCH3 is 1. The first-order valence-corrected chi connectivity index (χ1v) is 18.2. The molecule has 0 saturated carbocycles. The maximum Gasteiger partial charge on any atom is 0.410 e. The van der Waals surface area contributed by atoms with Gasteiger partial charge in [-0.05, 0) is 61.4 Å². The largest absolute Gasteiger partial charge is 0.468 e. The zero-order valence-corrected chi connectivity index (χ0v) is 29.3. The van der Waals surface area contributed by atoms with Gasteiger partial charge in [0, 0.05) is 88.5 Å². The molecule has 0 spiro atoms. The Hall–Kier alpha value is -4.69. The summed E-state index contributed by atoms with van der Waals surface area (Å²) in [7, 11) is 1.42. The zero-order chi connectivity index (χ0) is 35.3. The van der Waals surface area contributed by atoms with E-state index in [9.17, 15) is 19.2 Å². The van der Waals surface area contributed by atoms with Gasteiger partial charge >= 0.3 is 18.1 Å². The zero-order valence-electron chi connectivity index (χ0n) is 29.3. The number of carbonyl (C=O) groups excluding carboxylic acids is 4. The fourth-order valence-electron chi connectivity index (χ4n) is 8.00. The van der Waals surface area contributed by atoms with Gasteiger partial charge in [-0.15, -0.1) is 0 Å². The number of hydrogen-bond donors (Lipinski definition) is 2. The summed E-state index contributed by atoms with van der Waals surface area (Å²) >= 11 is 0. The van der Waals surface area contributed by atoms with Crippen LogP contribution in [0.4, 0.5) is 15.3 Å². The number of nitrogens with one attached hydrogen (secondary N) is 2. The third-order valence-electron chi connectivity index (χ3n) is 11.0. The van der Waals surface area contributed by atoms with Crippen LogP contribution in [0.1, 0.15) is 36.8 Å². The van der Waals surface area contributed by atoms with Crippen molar-refractivity contribution in [3.63, 3.8) is 0 Å². The Labute approximate surface area is 298 Å². The Kier molecular flexibility index (Phi) is 10.7. The molecule has 272 valence electrons. The van der Waals surface area contributed by atoms with Gasteiger partial charge in [-0.3, -0.25) is 24.5 Å². The maximum atomic E-state index is 14.1. The molecule has 4 aliphatic heterocycles. The van der Waals surface area contributed by atoms with Crippen LogP contribution in [0.15, 0.2) is 48.7 Å². The molecule has 1 aromatic heterocycles. The standard InChI is InChI=1S/C37H48N8O6/c1-50-34(46)25-41-18-20-42(21-19-41)29-9-13-43(14-10-29)35(47)33(23-26-6-7-32-28(22-26)24-38-40-32)51-37(49)44-15-11-30(12-16-44)45-17-8-27-4-2-3-5-31(27)39-36(45)48/h2-7,22,24,29-30,33H,8-21,23,25H2,1H3,(H,38,40)(H,39,48)/t33-/m1/s1. The third-order valence-corrected chi connectivity index (χ3v) is 11.0. The molecule has 7 rings (SSSR count). The molecule has 14 heteroatoms. The van der Waals surface area contributed by atoms with E-state index >= 15 is 0 Å². The number of H-pyrrole nitrogens is 1. The average molecular weight is 701 g/mol. The van der Waals surface area contributed by atoms with E-state index in [1.165, 1.54) is 7.11 Å². The molecule has 51 heavy (non-hydrogen) atoms. The molecule has 0 radical (unpaired) electrons. The van der Waals surface area contributed by atoms with Crippen molar-refractivity contribution in [3.8, 4) is 0 Å². The number of anilines is 1. The highest BCUT2D eigenvalue weighted by Gasteiger charge is 2.36. The molecular weight excluding hydrogens is 652 g/mol. The summed E-state index contributed by atoms with van der Waals surface area (Å²) in [5.41, 5.74) is 3.77. The fourth-order valence-corrected chi connectivity index (χ4v) is 8.00. The highest BCUT2D eigenvalue weighted by atomic mass is 16.6. The van der Waals surface area contributed by atoms with Gasteiger partial charge in [-0.25, -0.2) is 9.59 Å². The third kappa shape index (κ3) is 8.12. The van der Waals surface area contributed by atoms with Crippen molar-refractivity contribution in [2.75, 3.05) is 77.9 Å². The van der Waals surface area contributed by atoms with Crippen molar-refractivity contribution < 1.29 is 28.7 Å². The lowest BCUT2D eigenvalue weighted by Gasteiger charge is -2.43. The van der Waals surface area contributed by atoms with Gasteiger partial charge in [0.15, 0.2) is 6.10 Å². The number of fused-ring (bicyclic) bond motifs is 2. The number of aromatic nitrogens is 2. The lowest BCUT2D eigenvalue weighted by Crippen LogP contribution is -2.55. The number of likely N-dealkylation sites (tertiary alicyclic amines) is 2. The second-order valence-corrected chi connectivity index (χ2v) is 14.1. The highest BCUT2D eigenvalue weighted by Crippen LogP contribution is 2.26. The number of para-hydroxylation sites is 1. The van der Waals surface area contributed by atoms with E-state index in [4.69, 9.17) is 9.47 Å². The van der Waals surface area contributed by atoms with Gasteiger partial charge in [0.05, 0.1) is 25.4 Å². The maximum absolute atomic E-state index is 14.1. The van der Waals surface area contributed by atoms with Crippen molar-refractivity contribution in [1.29, 1.82) is 0 Å². The molecule has 0 aliphatic carbocycles. The first kappa shape index (κ1) is 34.7. The monoisotopic (exact) mass is 700 g/mol. The number of piperidine rings is 2. The summed E-state index contributed by atoms with van der Waals surface area (Å²) < 4.78 is 10.9. The van der Waals surface area contributed by atoms with Crippen LogP contribution in [-0.2, 0) is 31.9 Å². The van der Waals surface area contributed by atoms with E-state index in [-0.39, 0.29) is 30.4 Å². The van der Waals surface area contributed by atoms with Crippen LogP contribution in [0.25, 0.3) is 10.9 Å². The van der Waals surface area contributed by atoms with Crippen molar-refractivity contribution in [2.24, 2.45) is 0 Å². The van der Waals surface area contributed by atoms with Crippen molar-refractivity contribution >= 4 is 40.6 Å². The van der Waals surface area contributed by atoms with Crippen molar-refractivity contribution in [2.45, 2.75) is 56.7 Å². The topological polar surface area (TPSA) is 144 Å². The van der Waals surface area contributed by atoms with Gasteiger partial charge in [-0.2, -0.15) is 5.10 Å². The van der Waals surface area contributed by atoms with Crippen LogP contribution in [0.5, 0.6) is 0 Å². The lowest BCUT2D eigenvalue weighted by atomic mass is 10.00. The summed E-state index contributed by atoms with van der Waals surface area (Å²) in [5, 5.41) is 11.1. The number of piperazine rings is 1. The van der Waals surface area contributed by atoms with Gasteiger partial charge in [-0.1, -0.05) is 24.3 Å². The number of aromatic amines is 1. The Bertz CT molecular complexity index is 1710. The average Bonchev–Trinajstić information content (AvgIpc) is 3.56. The Balaban J connectivity index is 0.955. The number of hydrogen-bond acceptors (Lipinski definition) is 9. The first-order chi connectivity index (χ1) is 24.8. The minimum Gasteiger partial charge on any atom is -0.468 e. The molecule has 2 aromatic carbocycles. The summed E-state index contributed by atoms with van der Waals surface area (Å²) in [6.45, 7) is 6.38. The van der Waals surface area contributed by atoms with Crippen LogP contribution in [0, 0.1) is 0 Å². The van der Waals surface area contributed by atoms with E-state index in [1.807, 2.05) is 52.3 Å². The summed E-state index contributed by atoms with van der Waals surface area (Å²) in [6.07, 6.45) is 4.28. The molecule has 0 unspecified atom stereocenters. The molecule has 14 nitrogen and oxygen atoms in total. The number of urea groups is 1. The lowest BCUT2D eigenvalue weighted by molar-refractivity contribution is -0.142. The Morgan fingerprint density at radius 3 is 2.37 bits per heavy atom. The van der Waals surface area contributed by atoms with Crippen molar-refractivity contribution in [1.82, 2.24) is 34.7 Å². The molecule has 4 amide bonds. The molecule has 0 bridgehead atoms. The molecular formula is C37H48N8O6. The minimum atomic E-state index is -0.965. The van der Waals surface area contributed by atoms with Crippen LogP contribution < -0.4 is 5.32 Å². The number of ether oxygens (including phenoxy) is 2. The van der Waals surface area contributed by atoms with E-state index in [1.54, 1.807) is 11.1 Å². The van der Waals surface area contributed by atoms with E-state index < -0.39 is 12.2 Å². The second-order valence-electron chi connectivity index (χ2n) is 14.1. The predicted octanol–water partition coefficient (Wildman–Crippen LogP) is 2.95. The molecule has 3 aromatic rings. The van der Waals surface area contributed by atoms with Crippen LogP contribution in [-0.4, -0.2) is 149 Å². The van der Waals surface area contributed by atoms with Gasteiger partial charge < -0.3 is 29.5 Å². The van der Waals surface area contributed by atoms with E-state index in [0.29, 0.717) is 58.2 Å². The quantitative estimate of drug-likeness (QED) is 0.339. The minimum absolute atomic E-state index is 0.0135. The van der Waals surface area contributed by atoms with Crippen LogP contribution in [0.2, 0.25) is 0 Å². The van der Waals surface area contributed by atoms with E-state index in [0.717, 1.165) is 73.2 Å². The Morgan fingerprint density at radius 2 is 1.61 bits per heavy atom. The number of amides is 4. The summed E-state index contributed by atoms with van der Waals surface area (Å²) in [6, 6.07) is 14.0. The normalized spacial score (nSPS) is 20.4. The summed E-state index contributed by atoms with van der Waals surface area (Å²) in [5.74, 6) is -0.388. The highest BCUT2D eigenvalue weighted by molar-refractivity contribution is 5.91.